The molecule has 0 aromatic carbocycles. The first-order valence-electron chi connectivity index (χ1n) is 5.52. The van der Waals surface area contributed by atoms with Gasteiger partial charge in [0.1, 0.15) is 0 Å². The smallest absolute Gasteiger partial charge is 0.0674 e. The molecule has 0 saturated heterocycles. The zero-order valence-corrected chi connectivity index (χ0v) is 9.19. The van der Waals surface area contributed by atoms with Crippen LogP contribution >= 0.6 is 0 Å². The second-order valence-corrected chi connectivity index (χ2v) is 4.58. The van der Waals surface area contributed by atoms with Gasteiger partial charge < -0.3 is 10.8 Å². The summed E-state index contributed by atoms with van der Waals surface area (Å²) >= 11 is 0. The van der Waals surface area contributed by atoms with E-state index in [4.69, 9.17) is 5.73 Å². The number of aromatic nitrogens is 2. The fraction of sp³-hybridized carbons (Fsp3) is 0.727. The molecule has 1 aliphatic rings. The molecule has 1 aromatic heterocycles. The molecule has 2 rings (SSSR count). The number of hydrogen-bond donors (Lipinski definition) is 2. The summed E-state index contributed by atoms with van der Waals surface area (Å²) < 4.78 is 1.79. The van der Waals surface area contributed by atoms with Gasteiger partial charge in [0.15, 0.2) is 0 Å². The highest BCUT2D eigenvalue weighted by molar-refractivity contribution is 5.14. The summed E-state index contributed by atoms with van der Waals surface area (Å²) in [5.41, 5.74) is 6.85. The predicted molar refractivity (Wildman–Crippen MR) is 58.4 cm³/mol. The maximum Gasteiger partial charge on any atom is 0.0674 e. The Labute approximate surface area is 90.1 Å². The molecular formula is C11H19N3O. The minimum Gasteiger partial charge on any atom is -0.396 e. The van der Waals surface area contributed by atoms with Crippen LogP contribution in [0.1, 0.15) is 30.9 Å². The van der Waals surface area contributed by atoms with Gasteiger partial charge in [-0.2, -0.15) is 5.10 Å². The molecule has 1 saturated carbocycles. The Morgan fingerprint density at radius 1 is 1.67 bits per heavy atom. The van der Waals surface area contributed by atoms with Gasteiger partial charge in [0.25, 0.3) is 0 Å². The van der Waals surface area contributed by atoms with E-state index in [-0.39, 0.29) is 17.9 Å². The number of aliphatic hydroxyl groups excluding tert-OH is 1. The molecule has 1 aromatic rings. The van der Waals surface area contributed by atoms with Crippen LogP contribution in [-0.4, -0.2) is 28.0 Å². The molecule has 4 heteroatoms. The highest BCUT2D eigenvalue weighted by Crippen LogP contribution is 2.50. The normalized spacial score (nSPS) is 21.0. The number of hydrogen-bond acceptors (Lipinski definition) is 3. The largest absolute Gasteiger partial charge is 0.396 e. The van der Waals surface area contributed by atoms with Gasteiger partial charge in [0.05, 0.1) is 5.69 Å². The Morgan fingerprint density at radius 2 is 2.40 bits per heavy atom. The van der Waals surface area contributed by atoms with Crippen LogP contribution in [0.15, 0.2) is 12.3 Å². The molecule has 1 atom stereocenters. The minimum absolute atomic E-state index is 0.00308. The maximum atomic E-state index is 9.52. The summed E-state index contributed by atoms with van der Waals surface area (Å²) in [6.45, 7) is 0.795. The Balaban J connectivity index is 2.23. The standard InChI is InChI=1S/C11H19N3O/c1-14-6-3-10(13-14)9(7-12)11(8-15)4-2-5-11/h3,6,9,15H,2,4-5,7-8,12H2,1H3/t9-/m0/s1. The highest BCUT2D eigenvalue weighted by Gasteiger charge is 2.44. The number of nitrogens with two attached hydrogens (primary N) is 1. The van der Waals surface area contributed by atoms with E-state index in [2.05, 4.69) is 5.10 Å². The summed E-state index contributed by atoms with van der Waals surface area (Å²) in [5, 5.41) is 13.9. The van der Waals surface area contributed by atoms with E-state index in [0.29, 0.717) is 6.54 Å². The summed E-state index contributed by atoms with van der Waals surface area (Å²) in [6, 6.07) is 2.01. The summed E-state index contributed by atoms with van der Waals surface area (Å²) in [6.07, 6.45) is 5.27. The van der Waals surface area contributed by atoms with E-state index in [9.17, 15) is 5.11 Å². The fourth-order valence-electron chi connectivity index (χ4n) is 2.55. The zero-order valence-electron chi connectivity index (χ0n) is 9.19. The molecule has 0 radical (unpaired) electrons. The molecule has 0 amide bonds. The average Bonchev–Trinajstić information content (AvgIpc) is 2.58. The first-order chi connectivity index (χ1) is 7.22. The van der Waals surface area contributed by atoms with E-state index in [1.807, 2.05) is 19.3 Å². The van der Waals surface area contributed by atoms with Crippen molar-refractivity contribution in [3.05, 3.63) is 18.0 Å². The quantitative estimate of drug-likeness (QED) is 0.764. The van der Waals surface area contributed by atoms with Crippen molar-refractivity contribution >= 4 is 0 Å². The predicted octanol–water partition coefficient (Wildman–Crippen LogP) is 0.625. The molecule has 1 fully saturated rings. The first-order valence-corrected chi connectivity index (χ1v) is 5.52. The van der Waals surface area contributed by atoms with Crippen molar-refractivity contribution in [3.63, 3.8) is 0 Å². The van der Waals surface area contributed by atoms with Crippen LogP contribution in [0.5, 0.6) is 0 Å². The van der Waals surface area contributed by atoms with Crippen LogP contribution in [0.25, 0.3) is 0 Å². The molecule has 0 bridgehead atoms. The summed E-state index contributed by atoms with van der Waals surface area (Å²) in [5.74, 6) is 0.206. The first kappa shape index (κ1) is 10.6. The van der Waals surface area contributed by atoms with Gasteiger partial charge in [-0.1, -0.05) is 6.42 Å². The third kappa shape index (κ3) is 1.68. The van der Waals surface area contributed by atoms with Crippen LogP contribution < -0.4 is 5.73 Å². The topological polar surface area (TPSA) is 64.1 Å². The third-order valence-corrected chi connectivity index (χ3v) is 3.73. The van der Waals surface area contributed by atoms with Crippen molar-refractivity contribution < 1.29 is 5.11 Å². The molecule has 0 aliphatic heterocycles. The lowest BCUT2D eigenvalue weighted by Gasteiger charge is -2.45. The van der Waals surface area contributed by atoms with Gasteiger partial charge >= 0.3 is 0 Å². The van der Waals surface area contributed by atoms with Crippen molar-refractivity contribution in [2.45, 2.75) is 25.2 Å². The lowest BCUT2D eigenvalue weighted by atomic mass is 9.60. The number of aliphatic hydroxyl groups is 1. The van der Waals surface area contributed by atoms with Crippen molar-refractivity contribution in [2.75, 3.05) is 13.2 Å². The molecule has 0 spiro atoms. The van der Waals surface area contributed by atoms with E-state index in [1.54, 1.807) is 4.68 Å². The fourth-order valence-corrected chi connectivity index (χ4v) is 2.55. The van der Waals surface area contributed by atoms with E-state index < -0.39 is 0 Å². The van der Waals surface area contributed by atoms with Crippen molar-refractivity contribution in [1.29, 1.82) is 0 Å². The van der Waals surface area contributed by atoms with Crippen LogP contribution in [-0.2, 0) is 7.05 Å². The molecule has 3 N–H and O–H groups in total. The minimum atomic E-state index is 0.00308. The molecule has 1 heterocycles. The summed E-state index contributed by atoms with van der Waals surface area (Å²) in [7, 11) is 1.91. The Hall–Kier alpha value is -0.870. The monoisotopic (exact) mass is 209 g/mol. The van der Waals surface area contributed by atoms with Gasteiger partial charge in [0, 0.05) is 37.7 Å². The second-order valence-electron chi connectivity index (χ2n) is 4.58. The van der Waals surface area contributed by atoms with E-state index in [0.717, 1.165) is 18.5 Å². The zero-order chi connectivity index (χ0) is 10.9. The molecule has 1 aliphatic carbocycles. The number of nitrogens with zero attached hydrogens (tertiary/aromatic N) is 2. The lowest BCUT2D eigenvalue weighted by Crippen LogP contribution is -2.42. The SMILES string of the molecule is Cn1ccc([C@H](CN)C2(CO)CCC2)n1. The second kappa shape index (κ2) is 3.94. The van der Waals surface area contributed by atoms with Gasteiger partial charge in [-0.25, -0.2) is 0 Å². The molecule has 15 heavy (non-hydrogen) atoms. The average molecular weight is 209 g/mol. The van der Waals surface area contributed by atoms with Gasteiger partial charge in [-0.05, 0) is 18.9 Å². The van der Waals surface area contributed by atoms with Crippen LogP contribution in [0.4, 0.5) is 0 Å². The molecule has 0 unspecified atom stereocenters. The van der Waals surface area contributed by atoms with Crippen molar-refractivity contribution in [3.8, 4) is 0 Å². The van der Waals surface area contributed by atoms with Crippen LogP contribution in [0.2, 0.25) is 0 Å². The van der Waals surface area contributed by atoms with E-state index >= 15 is 0 Å². The Bertz CT molecular complexity index is 325. The van der Waals surface area contributed by atoms with Crippen molar-refractivity contribution in [2.24, 2.45) is 18.2 Å². The Kier molecular flexibility index (Phi) is 2.80. The van der Waals surface area contributed by atoms with E-state index in [1.165, 1.54) is 6.42 Å². The third-order valence-electron chi connectivity index (χ3n) is 3.73. The van der Waals surface area contributed by atoms with Gasteiger partial charge in [-0.15, -0.1) is 0 Å². The van der Waals surface area contributed by atoms with Gasteiger partial charge in [0.2, 0.25) is 0 Å². The maximum absolute atomic E-state index is 9.52. The van der Waals surface area contributed by atoms with Crippen molar-refractivity contribution in [1.82, 2.24) is 9.78 Å². The van der Waals surface area contributed by atoms with Gasteiger partial charge in [-0.3, -0.25) is 4.68 Å². The van der Waals surface area contributed by atoms with Crippen LogP contribution in [0, 0.1) is 5.41 Å². The lowest BCUT2D eigenvalue weighted by molar-refractivity contribution is 0.0178. The van der Waals surface area contributed by atoms with Crippen LogP contribution in [0.3, 0.4) is 0 Å². The summed E-state index contributed by atoms with van der Waals surface area (Å²) in [4.78, 5) is 0. The highest BCUT2D eigenvalue weighted by atomic mass is 16.3. The number of rotatable bonds is 4. The number of aryl methyl sites for hydroxylation is 1. The molecule has 84 valence electrons. The molecule has 4 nitrogen and oxygen atoms in total. The Morgan fingerprint density at radius 3 is 2.73 bits per heavy atom. The molecular weight excluding hydrogens is 190 g/mol.